The summed E-state index contributed by atoms with van der Waals surface area (Å²) in [6.45, 7) is 7.91. The molecule has 1 aromatic rings. The van der Waals surface area contributed by atoms with Crippen molar-refractivity contribution >= 4 is 23.3 Å². The minimum absolute atomic E-state index is 0.188. The quantitative estimate of drug-likeness (QED) is 0.759. The summed E-state index contributed by atoms with van der Waals surface area (Å²) in [7, 11) is 0. The van der Waals surface area contributed by atoms with E-state index in [1.54, 1.807) is 11.3 Å². The molecule has 1 aromatic heterocycles. The molecule has 2 amide bonds. The molecule has 0 atom stereocenters. The van der Waals surface area contributed by atoms with Crippen LogP contribution in [0.4, 0.5) is 4.79 Å². The topological polar surface area (TPSA) is 69.6 Å². The lowest BCUT2D eigenvalue weighted by Crippen LogP contribution is -2.46. The number of nitrogens with one attached hydrogen (secondary N) is 1. The van der Waals surface area contributed by atoms with Gasteiger partial charge in [-0.25, -0.2) is 4.79 Å². The van der Waals surface area contributed by atoms with E-state index < -0.39 is 12.0 Å². The Morgan fingerprint density at radius 3 is 2.75 bits per heavy atom. The third-order valence-corrected chi connectivity index (χ3v) is 4.07. The monoisotopic (exact) mass is 296 g/mol. The molecule has 0 unspecified atom stereocenters. The molecule has 0 fully saturated rings. The number of thiophene rings is 1. The molecule has 0 spiro atoms. The number of carbonyl (C=O) groups is 2. The molecular weight excluding hydrogens is 276 g/mol. The minimum atomic E-state index is -1.04. The first-order valence-electron chi connectivity index (χ1n) is 6.26. The minimum Gasteiger partial charge on any atom is -0.480 e. The predicted octanol–water partition coefficient (Wildman–Crippen LogP) is 2.31. The maximum absolute atomic E-state index is 12.0. The molecule has 0 aliphatic rings. The average Bonchev–Trinajstić information content (AvgIpc) is 2.89. The number of carboxylic acid groups (broad SMARTS) is 1. The standard InChI is InChI=1S/C14H20N2O3S/c1-4-7-16(9-12(17)18)13(19)15-10-14(2,3)11-6-5-8-20-11/h4-6,8H,1,7,9-10H2,2-3H3,(H,15,19)(H,17,18). The Morgan fingerprint density at radius 2 is 2.25 bits per heavy atom. The van der Waals surface area contributed by atoms with E-state index in [4.69, 9.17) is 5.11 Å². The molecule has 110 valence electrons. The van der Waals surface area contributed by atoms with Gasteiger partial charge in [-0.2, -0.15) is 0 Å². The lowest BCUT2D eigenvalue weighted by atomic mass is 9.91. The van der Waals surface area contributed by atoms with Gasteiger partial charge >= 0.3 is 12.0 Å². The highest BCUT2D eigenvalue weighted by molar-refractivity contribution is 7.10. The predicted molar refractivity (Wildman–Crippen MR) is 80.1 cm³/mol. The van der Waals surface area contributed by atoms with Gasteiger partial charge in [0.1, 0.15) is 6.54 Å². The fourth-order valence-electron chi connectivity index (χ4n) is 1.70. The second-order valence-electron chi connectivity index (χ2n) is 5.08. The fraction of sp³-hybridized carbons (Fsp3) is 0.429. The van der Waals surface area contributed by atoms with Gasteiger partial charge in [0, 0.05) is 23.4 Å². The summed E-state index contributed by atoms with van der Waals surface area (Å²) >= 11 is 1.64. The Balaban J connectivity index is 2.60. The Morgan fingerprint density at radius 1 is 1.55 bits per heavy atom. The van der Waals surface area contributed by atoms with Gasteiger partial charge in [-0.05, 0) is 11.4 Å². The molecule has 1 heterocycles. The third kappa shape index (κ3) is 4.70. The van der Waals surface area contributed by atoms with E-state index in [1.807, 2.05) is 31.4 Å². The van der Waals surface area contributed by atoms with Gasteiger partial charge in [0.25, 0.3) is 0 Å². The van der Waals surface area contributed by atoms with Crippen LogP contribution in [0.1, 0.15) is 18.7 Å². The Kier molecular flexibility index (Phi) is 5.76. The Bertz CT molecular complexity index is 469. The van der Waals surface area contributed by atoms with Gasteiger partial charge < -0.3 is 15.3 Å². The summed E-state index contributed by atoms with van der Waals surface area (Å²) < 4.78 is 0. The van der Waals surface area contributed by atoms with Crippen LogP contribution >= 0.6 is 11.3 Å². The first-order valence-corrected chi connectivity index (χ1v) is 7.14. The molecule has 0 radical (unpaired) electrons. The molecule has 1 rings (SSSR count). The number of hydrogen-bond acceptors (Lipinski definition) is 3. The van der Waals surface area contributed by atoms with Crippen LogP contribution in [0, 0.1) is 0 Å². The second kappa shape index (κ2) is 7.09. The number of carboxylic acids is 1. The first-order chi connectivity index (χ1) is 9.36. The third-order valence-electron chi connectivity index (χ3n) is 2.83. The molecule has 0 aliphatic heterocycles. The van der Waals surface area contributed by atoms with Gasteiger partial charge in [0.15, 0.2) is 0 Å². The van der Waals surface area contributed by atoms with Crippen molar-refractivity contribution in [1.29, 1.82) is 0 Å². The largest absolute Gasteiger partial charge is 0.480 e. The number of nitrogens with zero attached hydrogens (tertiary/aromatic N) is 1. The average molecular weight is 296 g/mol. The van der Waals surface area contributed by atoms with Gasteiger partial charge in [-0.3, -0.25) is 4.79 Å². The maximum Gasteiger partial charge on any atom is 0.323 e. The van der Waals surface area contributed by atoms with Crippen LogP contribution in [0.15, 0.2) is 30.2 Å². The van der Waals surface area contributed by atoms with Gasteiger partial charge in [0.05, 0.1) is 0 Å². The fourth-order valence-corrected chi connectivity index (χ4v) is 2.55. The molecule has 0 aromatic carbocycles. The van der Waals surface area contributed by atoms with E-state index in [0.717, 1.165) is 0 Å². The van der Waals surface area contributed by atoms with Crippen molar-refractivity contribution < 1.29 is 14.7 Å². The van der Waals surface area contributed by atoms with E-state index in [2.05, 4.69) is 11.9 Å². The van der Waals surface area contributed by atoms with Crippen molar-refractivity contribution in [2.75, 3.05) is 19.6 Å². The van der Waals surface area contributed by atoms with Crippen molar-refractivity contribution in [2.45, 2.75) is 19.3 Å². The number of urea groups is 1. The van der Waals surface area contributed by atoms with Crippen molar-refractivity contribution in [3.05, 3.63) is 35.0 Å². The zero-order valence-corrected chi connectivity index (χ0v) is 12.6. The number of hydrogen-bond donors (Lipinski definition) is 2. The Hall–Kier alpha value is -1.82. The van der Waals surface area contributed by atoms with Crippen LogP contribution in [-0.4, -0.2) is 41.6 Å². The van der Waals surface area contributed by atoms with Crippen LogP contribution in [0.25, 0.3) is 0 Å². The molecule has 0 saturated heterocycles. The zero-order valence-electron chi connectivity index (χ0n) is 11.8. The molecule has 6 heteroatoms. The molecule has 0 saturated carbocycles. The van der Waals surface area contributed by atoms with Gasteiger partial charge in [0.2, 0.25) is 0 Å². The van der Waals surface area contributed by atoms with Crippen LogP contribution in [0.5, 0.6) is 0 Å². The number of rotatable bonds is 7. The highest BCUT2D eigenvalue weighted by Gasteiger charge is 2.24. The molecule has 2 N–H and O–H groups in total. The van der Waals surface area contributed by atoms with Gasteiger partial charge in [-0.15, -0.1) is 17.9 Å². The number of aliphatic carboxylic acids is 1. The van der Waals surface area contributed by atoms with Crippen LogP contribution in [0.2, 0.25) is 0 Å². The van der Waals surface area contributed by atoms with Crippen molar-refractivity contribution in [2.24, 2.45) is 0 Å². The van der Waals surface area contributed by atoms with Crippen LogP contribution in [-0.2, 0) is 10.2 Å². The number of amides is 2. The van der Waals surface area contributed by atoms with E-state index in [0.29, 0.717) is 6.54 Å². The molecule has 0 aliphatic carbocycles. The highest BCUT2D eigenvalue weighted by Crippen LogP contribution is 2.26. The summed E-state index contributed by atoms with van der Waals surface area (Å²) in [5, 5.41) is 13.6. The van der Waals surface area contributed by atoms with E-state index >= 15 is 0 Å². The van der Waals surface area contributed by atoms with E-state index in [-0.39, 0.29) is 18.5 Å². The van der Waals surface area contributed by atoms with Crippen molar-refractivity contribution in [1.82, 2.24) is 10.2 Å². The van der Waals surface area contributed by atoms with Crippen LogP contribution in [0.3, 0.4) is 0 Å². The maximum atomic E-state index is 12.0. The lowest BCUT2D eigenvalue weighted by molar-refractivity contribution is -0.137. The first kappa shape index (κ1) is 16.2. The van der Waals surface area contributed by atoms with Crippen LogP contribution < -0.4 is 5.32 Å². The smallest absolute Gasteiger partial charge is 0.323 e. The summed E-state index contributed by atoms with van der Waals surface area (Å²) in [4.78, 5) is 25.1. The summed E-state index contributed by atoms with van der Waals surface area (Å²) in [5.41, 5.74) is -0.188. The number of carbonyl (C=O) groups excluding carboxylic acids is 1. The summed E-state index contributed by atoms with van der Waals surface area (Å²) in [5.74, 6) is -1.04. The molecular formula is C14H20N2O3S. The highest BCUT2D eigenvalue weighted by atomic mass is 32.1. The zero-order chi connectivity index (χ0) is 15.2. The molecule has 0 bridgehead atoms. The lowest BCUT2D eigenvalue weighted by Gasteiger charge is -2.26. The summed E-state index contributed by atoms with van der Waals surface area (Å²) in [6.07, 6.45) is 1.51. The Labute approximate surface area is 122 Å². The van der Waals surface area contributed by atoms with Crippen molar-refractivity contribution in [3.63, 3.8) is 0 Å². The summed E-state index contributed by atoms with van der Waals surface area (Å²) in [6, 6.07) is 3.60. The van der Waals surface area contributed by atoms with Gasteiger partial charge in [-0.1, -0.05) is 26.0 Å². The molecule has 5 nitrogen and oxygen atoms in total. The van der Waals surface area contributed by atoms with E-state index in [1.165, 1.54) is 15.9 Å². The SMILES string of the molecule is C=CCN(CC(=O)O)C(=O)NCC(C)(C)c1cccs1. The van der Waals surface area contributed by atoms with Crippen molar-refractivity contribution in [3.8, 4) is 0 Å². The second-order valence-corrected chi connectivity index (χ2v) is 6.03. The van der Waals surface area contributed by atoms with E-state index in [9.17, 15) is 9.59 Å². The normalized spacial score (nSPS) is 10.9. The molecule has 20 heavy (non-hydrogen) atoms.